The Balaban J connectivity index is 1.64. The number of urea groups is 1. The fourth-order valence-electron chi connectivity index (χ4n) is 7.76. The van der Waals surface area contributed by atoms with Gasteiger partial charge in [0.15, 0.2) is 5.78 Å². The molecule has 1 fully saturated rings. The second-order valence-electron chi connectivity index (χ2n) is 17.2. The Morgan fingerprint density at radius 1 is 0.625 bits per heavy atom. The lowest BCUT2D eigenvalue weighted by molar-refractivity contribution is -0.145. The quantitative estimate of drug-likeness (QED) is 0.0415. The monoisotopic (exact) mass is 1080 g/mol. The molecular weight excluding hydrogens is 1010 g/mol. The summed E-state index contributed by atoms with van der Waals surface area (Å²) >= 11 is 3.29. The number of halogens is 1. The summed E-state index contributed by atoms with van der Waals surface area (Å²) in [5.41, 5.74) is 1.62. The Bertz CT molecular complexity index is 2150. The first-order valence-electron chi connectivity index (χ1n) is 23.2. The Hall–Kier alpha value is -6.61. The molecule has 2 heterocycles. The zero-order valence-electron chi connectivity index (χ0n) is 39.9. The molecule has 1 saturated heterocycles. The van der Waals surface area contributed by atoms with Crippen molar-refractivity contribution in [1.29, 1.82) is 0 Å². The van der Waals surface area contributed by atoms with E-state index in [1.807, 2.05) is 0 Å². The highest BCUT2D eigenvalue weighted by molar-refractivity contribution is 9.10. The molecule has 0 spiro atoms. The van der Waals surface area contributed by atoms with Gasteiger partial charge in [0.05, 0.1) is 25.7 Å². The van der Waals surface area contributed by atoms with E-state index in [0.29, 0.717) is 27.7 Å². The minimum atomic E-state index is -1.35. The summed E-state index contributed by atoms with van der Waals surface area (Å²) in [5, 5.41) is 64.9. The van der Waals surface area contributed by atoms with Crippen molar-refractivity contribution in [2.24, 2.45) is 0 Å². The van der Waals surface area contributed by atoms with Crippen LogP contribution in [0.15, 0.2) is 47.2 Å². The van der Waals surface area contributed by atoms with Crippen molar-refractivity contribution < 1.29 is 78.6 Å². The van der Waals surface area contributed by atoms with E-state index in [9.17, 15) is 73.5 Å². The summed E-state index contributed by atoms with van der Waals surface area (Å²) in [6.07, 6.45) is 1.24. The van der Waals surface area contributed by atoms with E-state index in [0.717, 1.165) is 0 Å². The van der Waals surface area contributed by atoms with Gasteiger partial charge in [-0.25, -0.2) is 14.6 Å². The lowest BCUT2D eigenvalue weighted by Crippen LogP contribution is -2.52. The first-order valence-corrected chi connectivity index (χ1v) is 24.0. The first-order chi connectivity index (χ1) is 34.1. The molecule has 1 aromatic carbocycles. The zero-order chi connectivity index (χ0) is 53.3. The van der Waals surface area contributed by atoms with Crippen molar-refractivity contribution >= 4 is 75.4 Å². The predicted molar refractivity (Wildman–Crippen MR) is 258 cm³/mol. The lowest BCUT2D eigenvalue weighted by Gasteiger charge is -2.35. The number of rotatable bonds is 28. The van der Waals surface area contributed by atoms with Gasteiger partial charge in [0.1, 0.15) is 16.7 Å². The van der Waals surface area contributed by atoms with Crippen LogP contribution in [0.3, 0.4) is 0 Å². The third-order valence-corrected chi connectivity index (χ3v) is 12.1. The largest absolute Gasteiger partial charge is 0.481 e. The number of carboxylic acids is 6. The van der Waals surface area contributed by atoms with Crippen LogP contribution >= 0.6 is 15.9 Å². The number of aromatic nitrogens is 1. The SMILES string of the molecule is CC(=O)[C@@H](CCC(=O)O)NC(=O)N[C@H](CCCCN(Cc1ccc(Br)nc1)C(=O)c1ccc(CNC(=O)CCC(C(=O)O)N2CCN(CC(=O)O)CCN(CC(=O)O)CCN(CC(=O)O)CC2)cc1)C(=O)O. The van der Waals surface area contributed by atoms with Crippen molar-refractivity contribution in [2.45, 2.75) is 83.1 Å². The molecule has 3 atom stereocenters. The van der Waals surface area contributed by atoms with Crippen LogP contribution in [0.2, 0.25) is 0 Å². The van der Waals surface area contributed by atoms with Crippen LogP contribution in [0.1, 0.15) is 73.4 Å². The summed E-state index contributed by atoms with van der Waals surface area (Å²) in [6.45, 7) is 1.36. The maximum Gasteiger partial charge on any atom is 0.326 e. The standard InChI is InChI=1S/C46H64BrN9O16/c1-30(57)34(10-14-39(59)60)50-46(72)51-35(44(68)69)4-2-3-15-56(26-32-7-12-37(47)48-25-32)43(67)33-8-5-31(6-9-33)24-49-38(58)13-11-36(45(70)71)55-22-20-53(28-41(63)64)18-16-52(27-40(61)62)17-19-54(21-23-55)29-42(65)66/h5-9,12,25,34-36H,2-4,10-11,13-24,26-29H2,1H3,(H,49,58)(H,59,60)(H,61,62)(H,63,64)(H,65,66)(H,68,69)(H,70,71)(H2,50,51,72)/t34-,35-,36?/m1/s1. The number of hydrogen-bond donors (Lipinski definition) is 9. The van der Waals surface area contributed by atoms with Crippen LogP contribution in [0.5, 0.6) is 0 Å². The normalized spacial score (nSPS) is 15.6. The maximum absolute atomic E-state index is 13.9. The molecule has 0 radical (unpaired) electrons. The van der Waals surface area contributed by atoms with E-state index in [2.05, 4.69) is 36.9 Å². The molecule has 2 aromatic rings. The minimum absolute atomic E-state index is 0.0291. The van der Waals surface area contributed by atoms with Crippen molar-refractivity contribution in [2.75, 3.05) is 78.5 Å². The molecule has 9 N–H and O–H groups in total. The highest BCUT2D eigenvalue weighted by Gasteiger charge is 2.29. The van der Waals surface area contributed by atoms with E-state index < -0.39 is 71.7 Å². The van der Waals surface area contributed by atoms with Crippen molar-refractivity contribution in [3.8, 4) is 0 Å². The third-order valence-electron chi connectivity index (χ3n) is 11.7. The smallest absolute Gasteiger partial charge is 0.326 e. The number of nitrogens with zero attached hydrogens (tertiary/aromatic N) is 6. The van der Waals surface area contributed by atoms with Gasteiger partial charge in [-0.3, -0.25) is 58.0 Å². The Labute approximate surface area is 423 Å². The molecular formula is C46H64BrN9O16. The van der Waals surface area contributed by atoms with Crippen molar-refractivity contribution in [3.05, 3.63) is 63.9 Å². The molecule has 72 heavy (non-hydrogen) atoms. The number of amides is 4. The lowest BCUT2D eigenvalue weighted by atomic mass is 10.1. The van der Waals surface area contributed by atoms with Gasteiger partial charge in [-0.1, -0.05) is 18.2 Å². The number of ketones is 1. The second kappa shape index (κ2) is 31.0. The summed E-state index contributed by atoms with van der Waals surface area (Å²) in [4.78, 5) is 134. The number of pyridine rings is 1. The van der Waals surface area contributed by atoms with Crippen LogP contribution in [0.25, 0.3) is 0 Å². The number of Topliss-reactive ketones (excluding diaryl/α,β-unsaturated/α-hetero) is 1. The van der Waals surface area contributed by atoms with E-state index in [1.54, 1.807) is 67.1 Å². The predicted octanol–water partition coefficient (Wildman–Crippen LogP) is 0.557. The number of carbonyl (C=O) groups excluding carboxylic acids is 4. The van der Waals surface area contributed by atoms with E-state index in [4.69, 9.17) is 5.11 Å². The number of carboxylic acid groups (broad SMARTS) is 6. The molecule has 1 aliphatic rings. The van der Waals surface area contributed by atoms with E-state index in [1.165, 1.54) is 6.92 Å². The minimum Gasteiger partial charge on any atom is -0.481 e. The second-order valence-corrected chi connectivity index (χ2v) is 18.0. The van der Waals surface area contributed by atoms with Gasteiger partial charge >= 0.3 is 41.8 Å². The van der Waals surface area contributed by atoms with E-state index in [-0.39, 0.29) is 136 Å². The summed E-state index contributed by atoms with van der Waals surface area (Å²) in [6, 6.07) is 5.31. The molecule has 25 nitrogen and oxygen atoms in total. The highest BCUT2D eigenvalue weighted by Crippen LogP contribution is 2.16. The van der Waals surface area contributed by atoms with Gasteiger partial charge in [-0.05, 0) is 84.3 Å². The summed E-state index contributed by atoms with van der Waals surface area (Å²) < 4.78 is 0.581. The summed E-state index contributed by atoms with van der Waals surface area (Å²) in [5.74, 6) is -8.43. The fraction of sp³-hybridized carbons (Fsp3) is 0.543. The Morgan fingerprint density at radius 3 is 1.62 bits per heavy atom. The van der Waals surface area contributed by atoms with E-state index >= 15 is 0 Å². The average Bonchev–Trinajstić information content (AvgIpc) is 3.30. The molecule has 0 aliphatic carbocycles. The Kier molecular flexibility index (Phi) is 25.7. The molecule has 1 unspecified atom stereocenters. The maximum atomic E-state index is 13.9. The first kappa shape index (κ1) is 59.7. The average molecular weight is 1080 g/mol. The Morgan fingerprint density at radius 2 is 1.15 bits per heavy atom. The topological polar surface area (TPSA) is 357 Å². The fourth-order valence-corrected chi connectivity index (χ4v) is 8.00. The zero-order valence-corrected chi connectivity index (χ0v) is 41.5. The van der Waals surface area contributed by atoms with Gasteiger partial charge in [0.25, 0.3) is 5.91 Å². The molecule has 0 saturated carbocycles. The molecule has 1 aliphatic heterocycles. The van der Waals surface area contributed by atoms with Crippen LogP contribution < -0.4 is 16.0 Å². The van der Waals surface area contributed by atoms with Gasteiger partial charge in [-0.15, -0.1) is 0 Å². The number of benzene rings is 1. The number of aliphatic carboxylic acids is 6. The molecule has 26 heteroatoms. The molecule has 1 aromatic heterocycles. The molecule has 0 bridgehead atoms. The van der Waals surface area contributed by atoms with Crippen LogP contribution in [-0.2, 0) is 51.4 Å². The van der Waals surface area contributed by atoms with Crippen LogP contribution in [0.4, 0.5) is 4.79 Å². The van der Waals surface area contributed by atoms with Gasteiger partial charge < -0.3 is 51.5 Å². The number of nitrogens with one attached hydrogen (secondary N) is 3. The molecule has 396 valence electrons. The van der Waals surface area contributed by atoms with Gasteiger partial charge in [-0.2, -0.15) is 0 Å². The van der Waals surface area contributed by atoms with Crippen LogP contribution in [-0.4, -0.2) is 216 Å². The molecule has 3 rings (SSSR count). The van der Waals surface area contributed by atoms with Gasteiger partial charge in [0, 0.05) is 96.6 Å². The number of unbranched alkanes of at least 4 members (excludes halogenated alkanes) is 1. The van der Waals surface area contributed by atoms with Crippen molar-refractivity contribution in [1.82, 2.24) is 45.4 Å². The highest BCUT2D eigenvalue weighted by atomic mass is 79.9. The van der Waals surface area contributed by atoms with Crippen LogP contribution in [0, 0.1) is 0 Å². The van der Waals surface area contributed by atoms with Crippen molar-refractivity contribution in [3.63, 3.8) is 0 Å². The number of carbonyl (C=O) groups is 10. The third kappa shape index (κ3) is 23.1. The molecule has 4 amide bonds. The van der Waals surface area contributed by atoms with Gasteiger partial charge in [0.2, 0.25) is 5.91 Å². The number of hydrogen-bond acceptors (Lipinski definition) is 15. The summed E-state index contributed by atoms with van der Waals surface area (Å²) in [7, 11) is 0.